The molecule has 3 rings (SSSR count). The molecule has 0 fully saturated rings. The summed E-state index contributed by atoms with van der Waals surface area (Å²) in [5, 5.41) is 2.76. The van der Waals surface area contributed by atoms with Crippen molar-refractivity contribution < 1.29 is 17.9 Å². The first-order valence-electron chi connectivity index (χ1n) is 8.11. The molecule has 1 heterocycles. The van der Waals surface area contributed by atoms with E-state index in [1.165, 1.54) is 0 Å². The van der Waals surface area contributed by atoms with Crippen LogP contribution in [-0.4, -0.2) is 32.7 Å². The van der Waals surface area contributed by atoms with Crippen LogP contribution >= 0.6 is 0 Å². The van der Waals surface area contributed by atoms with Gasteiger partial charge in [0.05, 0.1) is 11.4 Å². The first-order valence-corrected chi connectivity index (χ1v) is 9.76. The highest BCUT2D eigenvalue weighted by atomic mass is 32.2. The molecule has 1 atom stereocenters. The Bertz CT molecular complexity index is 837. The van der Waals surface area contributed by atoms with E-state index in [1.807, 2.05) is 42.5 Å². The van der Waals surface area contributed by atoms with Crippen molar-refractivity contribution in [1.29, 1.82) is 0 Å². The number of para-hydroxylation sites is 2. The molecule has 0 aliphatic carbocycles. The van der Waals surface area contributed by atoms with Gasteiger partial charge in [-0.3, -0.25) is 4.79 Å². The lowest BCUT2D eigenvalue weighted by Crippen LogP contribution is -2.40. The predicted octanol–water partition coefficient (Wildman–Crippen LogP) is 1.94. The molecular formula is C18H20N2O4S. The van der Waals surface area contributed by atoms with E-state index in [0.29, 0.717) is 17.9 Å². The second-order valence-corrected chi connectivity index (χ2v) is 7.76. The van der Waals surface area contributed by atoms with Crippen LogP contribution in [0.4, 0.5) is 5.69 Å². The molecule has 0 saturated carbocycles. The number of benzene rings is 2. The fourth-order valence-corrected chi connectivity index (χ4v) is 3.67. The van der Waals surface area contributed by atoms with E-state index in [-0.39, 0.29) is 24.6 Å². The molecule has 2 aromatic rings. The van der Waals surface area contributed by atoms with Crippen molar-refractivity contribution in [2.24, 2.45) is 0 Å². The summed E-state index contributed by atoms with van der Waals surface area (Å²) in [4.78, 5) is 12.0. The number of carbonyl (C=O) groups is 1. The summed E-state index contributed by atoms with van der Waals surface area (Å²) in [5.41, 5.74) is 1.60. The molecular weight excluding hydrogens is 340 g/mol. The predicted molar refractivity (Wildman–Crippen MR) is 96.0 cm³/mol. The Hall–Kier alpha value is -2.38. The highest BCUT2D eigenvalue weighted by Crippen LogP contribution is 2.29. The number of aryl methyl sites for hydroxylation is 1. The monoisotopic (exact) mass is 360 g/mol. The van der Waals surface area contributed by atoms with E-state index < -0.39 is 16.1 Å². The van der Waals surface area contributed by atoms with Crippen molar-refractivity contribution in [3.8, 4) is 5.75 Å². The zero-order chi connectivity index (χ0) is 17.7. The highest BCUT2D eigenvalue weighted by Gasteiger charge is 2.27. The molecule has 6 nitrogen and oxygen atoms in total. The first kappa shape index (κ1) is 17.4. The fraction of sp³-hybridized carbons (Fsp3) is 0.278. The SMILES string of the molecule is O=C1Nc2ccccc2OC1CCNS(=O)(=O)CCc1ccccc1. The van der Waals surface area contributed by atoms with Crippen LogP contribution in [0, 0.1) is 0 Å². The van der Waals surface area contributed by atoms with Crippen molar-refractivity contribution in [2.45, 2.75) is 18.9 Å². The average Bonchev–Trinajstić information content (AvgIpc) is 2.61. The van der Waals surface area contributed by atoms with Crippen LogP contribution < -0.4 is 14.8 Å². The van der Waals surface area contributed by atoms with Crippen LogP contribution in [0.25, 0.3) is 0 Å². The summed E-state index contributed by atoms with van der Waals surface area (Å²) in [7, 11) is -3.40. The van der Waals surface area contributed by atoms with Crippen molar-refractivity contribution >= 4 is 21.6 Å². The van der Waals surface area contributed by atoms with E-state index in [1.54, 1.807) is 12.1 Å². The van der Waals surface area contributed by atoms with E-state index >= 15 is 0 Å². The first-order chi connectivity index (χ1) is 12.0. The topological polar surface area (TPSA) is 84.5 Å². The van der Waals surface area contributed by atoms with E-state index in [9.17, 15) is 13.2 Å². The maximum Gasteiger partial charge on any atom is 0.265 e. The van der Waals surface area contributed by atoms with Crippen LogP contribution in [0.2, 0.25) is 0 Å². The molecule has 2 N–H and O–H groups in total. The molecule has 1 aliphatic rings. The third kappa shape index (κ3) is 4.80. The smallest absolute Gasteiger partial charge is 0.265 e. The van der Waals surface area contributed by atoms with Gasteiger partial charge >= 0.3 is 0 Å². The Morgan fingerprint density at radius 1 is 1.04 bits per heavy atom. The minimum Gasteiger partial charge on any atom is -0.478 e. The maximum atomic E-state index is 12.1. The number of ether oxygens (including phenoxy) is 1. The molecule has 132 valence electrons. The third-order valence-electron chi connectivity index (χ3n) is 3.94. The summed E-state index contributed by atoms with van der Waals surface area (Å²) >= 11 is 0. The molecule has 0 aromatic heterocycles. The summed E-state index contributed by atoms with van der Waals surface area (Å²) in [6.07, 6.45) is 0.0149. The average molecular weight is 360 g/mol. The van der Waals surface area contributed by atoms with Crippen LogP contribution in [0.3, 0.4) is 0 Å². The van der Waals surface area contributed by atoms with Crippen molar-refractivity contribution in [3.63, 3.8) is 0 Å². The molecule has 0 spiro atoms. The molecule has 0 radical (unpaired) electrons. The summed E-state index contributed by atoms with van der Waals surface area (Å²) in [5.74, 6) is 0.346. The largest absolute Gasteiger partial charge is 0.478 e. The number of amides is 1. The Labute approximate surface area is 147 Å². The molecule has 0 saturated heterocycles. The Morgan fingerprint density at radius 2 is 1.76 bits per heavy atom. The third-order valence-corrected chi connectivity index (χ3v) is 5.32. The quantitative estimate of drug-likeness (QED) is 0.790. The molecule has 1 unspecified atom stereocenters. The van der Waals surface area contributed by atoms with Gasteiger partial charge in [-0.25, -0.2) is 13.1 Å². The lowest BCUT2D eigenvalue weighted by atomic mass is 10.2. The Balaban J connectivity index is 1.48. The van der Waals surface area contributed by atoms with E-state index in [2.05, 4.69) is 10.0 Å². The molecule has 25 heavy (non-hydrogen) atoms. The lowest BCUT2D eigenvalue weighted by molar-refractivity contribution is -0.123. The molecule has 1 aliphatic heterocycles. The highest BCUT2D eigenvalue weighted by molar-refractivity contribution is 7.89. The van der Waals surface area contributed by atoms with Gasteiger partial charge in [-0.1, -0.05) is 42.5 Å². The zero-order valence-electron chi connectivity index (χ0n) is 13.6. The van der Waals surface area contributed by atoms with E-state index in [0.717, 1.165) is 5.56 Å². The van der Waals surface area contributed by atoms with Crippen molar-refractivity contribution in [3.05, 3.63) is 60.2 Å². The lowest BCUT2D eigenvalue weighted by Gasteiger charge is -2.25. The number of hydrogen-bond acceptors (Lipinski definition) is 4. The molecule has 0 bridgehead atoms. The minimum absolute atomic E-state index is 0.0115. The number of anilines is 1. The van der Waals surface area contributed by atoms with E-state index in [4.69, 9.17) is 4.74 Å². The van der Waals surface area contributed by atoms with Crippen LogP contribution in [0.5, 0.6) is 5.75 Å². The van der Waals surface area contributed by atoms with Gasteiger partial charge in [0.1, 0.15) is 5.75 Å². The second-order valence-electron chi connectivity index (χ2n) is 5.83. The van der Waals surface area contributed by atoms with Gasteiger partial charge < -0.3 is 10.1 Å². The number of fused-ring (bicyclic) bond motifs is 1. The van der Waals surface area contributed by atoms with Crippen molar-refractivity contribution in [1.82, 2.24) is 4.72 Å². The van der Waals surface area contributed by atoms with Gasteiger partial charge in [0.15, 0.2) is 6.10 Å². The molecule has 2 aromatic carbocycles. The Kier molecular flexibility index (Phi) is 5.35. The Morgan fingerprint density at radius 3 is 2.56 bits per heavy atom. The van der Waals surface area contributed by atoms with Crippen LogP contribution in [-0.2, 0) is 21.2 Å². The minimum atomic E-state index is -3.40. The van der Waals surface area contributed by atoms with Crippen LogP contribution in [0.15, 0.2) is 54.6 Å². The number of rotatable bonds is 7. The number of sulfonamides is 1. The number of carbonyl (C=O) groups excluding carboxylic acids is 1. The van der Waals surface area contributed by atoms with Gasteiger partial charge in [0.2, 0.25) is 10.0 Å². The van der Waals surface area contributed by atoms with Gasteiger partial charge in [-0.15, -0.1) is 0 Å². The van der Waals surface area contributed by atoms with Gasteiger partial charge in [-0.2, -0.15) is 0 Å². The van der Waals surface area contributed by atoms with Gasteiger partial charge in [0, 0.05) is 13.0 Å². The number of hydrogen-bond donors (Lipinski definition) is 2. The zero-order valence-corrected chi connectivity index (χ0v) is 14.5. The standard InChI is InChI=1S/C18H20N2O4S/c21-18-17(24-16-9-5-4-8-15(16)20-18)10-12-19-25(22,23)13-11-14-6-2-1-3-7-14/h1-9,17,19H,10-13H2,(H,20,21). The summed E-state index contributed by atoms with van der Waals surface area (Å²) in [6, 6.07) is 16.6. The van der Waals surface area contributed by atoms with Gasteiger partial charge in [0.25, 0.3) is 5.91 Å². The van der Waals surface area contributed by atoms with Crippen molar-refractivity contribution in [2.75, 3.05) is 17.6 Å². The summed E-state index contributed by atoms with van der Waals surface area (Å²) < 4.78 is 32.3. The molecule has 1 amide bonds. The second kappa shape index (κ2) is 7.67. The fourth-order valence-electron chi connectivity index (χ4n) is 2.60. The summed E-state index contributed by atoms with van der Waals surface area (Å²) in [6.45, 7) is 0.150. The van der Waals surface area contributed by atoms with Crippen LogP contribution in [0.1, 0.15) is 12.0 Å². The van der Waals surface area contributed by atoms with Gasteiger partial charge in [-0.05, 0) is 24.1 Å². The number of nitrogens with one attached hydrogen (secondary N) is 2. The molecule has 7 heteroatoms. The normalized spacial score (nSPS) is 16.6. The maximum absolute atomic E-state index is 12.1.